The minimum atomic E-state index is 1.03. The van der Waals surface area contributed by atoms with Gasteiger partial charge in [-0.15, -0.1) is 0 Å². The van der Waals surface area contributed by atoms with E-state index in [1.807, 2.05) is 0 Å². The second kappa shape index (κ2) is 34.9. The Labute approximate surface area is 239 Å². The summed E-state index contributed by atoms with van der Waals surface area (Å²) in [6.07, 6.45) is 61.6. The summed E-state index contributed by atoms with van der Waals surface area (Å²) in [6, 6.07) is 0. The second-order valence-electron chi connectivity index (χ2n) is 10.2. The Morgan fingerprint density at radius 3 is 1.11 bits per heavy atom. The van der Waals surface area contributed by atoms with Gasteiger partial charge in [0.25, 0.3) is 0 Å². The Balaban J connectivity index is 3.38. The van der Waals surface area contributed by atoms with Gasteiger partial charge in [-0.2, -0.15) is 0 Å². The zero-order valence-corrected chi connectivity index (χ0v) is 25.4. The van der Waals surface area contributed by atoms with Gasteiger partial charge in [-0.1, -0.05) is 169 Å². The van der Waals surface area contributed by atoms with E-state index in [2.05, 4.69) is 111 Å². The monoisotopic (exact) mass is 518 g/mol. The zero-order chi connectivity index (χ0) is 27.5. The van der Waals surface area contributed by atoms with Crippen molar-refractivity contribution >= 4 is 0 Å². The Morgan fingerprint density at radius 2 is 0.632 bits per heavy atom. The molecule has 0 unspecified atom stereocenters. The van der Waals surface area contributed by atoms with Crippen molar-refractivity contribution in [2.24, 2.45) is 0 Å². The van der Waals surface area contributed by atoms with E-state index in [-0.39, 0.29) is 0 Å². The standard InChI is InChI=1S/C38H62/c1-3-5-7-9-11-13-15-17-19-21-23-25-27-29-31-33-35-37-38-36-34-32-30-28-26-24-22-20-18-16-14-12-10-8-6-4-2/h5,7,11,13,16-23,26,28,32,34H,3-4,6,8-10,12,14-15,24-25,27,29-31,33,35-38H2,1-2H3. The molecule has 0 amide bonds. The molecule has 0 aliphatic carbocycles. The van der Waals surface area contributed by atoms with E-state index >= 15 is 0 Å². The van der Waals surface area contributed by atoms with Crippen molar-refractivity contribution in [1.82, 2.24) is 0 Å². The molecule has 38 heavy (non-hydrogen) atoms. The summed E-state index contributed by atoms with van der Waals surface area (Å²) in [5.74, 6) is 0. The van der Waals surface area contributed by atoms with Crippen LogP contribution in [0.2, 0.25) is 0 Å². The lowest BCUT2D eigenvalue weighted by Crippen LogP contribution is -1.80. The third-order valence-electron chi connectivity index (χ3n) is 6.47. The van der Waals surface area contributed by atoms with Crippen molar-refractivity contribution in [3.63, 3.8) is 0 Å². The first kappa shape index (κ1) is 35.9. The van der Waals surface area contributed by atoms with Crippen LogP contribution in [0.1, 0.15) is 142 Å². The van der Waals surface area contributed by atoms with Gasteiger partial charge < -0.3 is 0 Å². The lowest BCUT2D eigenvalue weighted by atomic mass is 10.1. The Morgan fingerprint density at radius 1 is 0.289 bits per heavy atom. The van der Waals surface area contributed by atoms with E-state index < -0.39 is 0 Å². The van der Waals surface area contributed by atoms with Crippen LogP contribution in [0.5, 0.6) is 0 Å². The van der Waals surface area contributed by atoms with Gasteiger partial charge in [-0.05, 0) is 70.6 Å². The summed E-state index contributed by atoms with van der Waals surface area (Å²) < 4.78 is 0. The van der Waals surface area contributed by atoms with Gasteiger partial charge in [0, 0.05) is 0 Å². The van der Waals surface area contributed by atoms with Gasteiger partial charge in [0.15, 0.2) is 0 Å². The molecule has 0 bridgehead atoms. The minimum absolute atomic E-state index is 1.03. The van der Waals surface area contributed by atoms with Crippen molar-refractivity contribution < 1.29 is 0 Å². The molecule has 0 saturated carbocycles. The van der Waals surface area contributed by atoms with E-state index in [9.17, 15) is 0 Å². The second-order valence-corrected chi connectivity index (χ2v) is 10.2. The molecule has 0 heterocycles. The molecule has 0 aromatic carbocycles. The number of allylic oxidation sites excluding steroid dienone is 16. The Kier molecular flexibility index (Phi) is 33.0. The highest BCUT2D eigenvalue weighted by atomic mass is 14.0. The molecule has 0 aliphatic heterocycles. The number of hydrogen-bond acceptors (Lipinski definition) is 0. The summed E-state index contributed by atoms with van der Waals surface area (Å²) in [5, 5.41) is 0. The van der Waals surface area contributed by atoms with Crippen molar-refractivity contribution in [3.05, 3.63) is 97.2 Å². The van der Waals surface area contributed by atoms with Crippen molar-refractivity contribution in [2.45, 2.75) is 142 Å². The molecule has 214 valence electrons. The van der Waals surface area contributed by atoms with Gasteiger partial charge in [0.1, 0.15) is 0 Å². The molecule has 0 rings (SSSR count). The van der Waals surface area contributed by atoms with Gasteiger partial charge in [0.05, 0.1) is 0 Å². The summed E-state index contributed by atoms with van der Waals surface area (Å²) in [4.78, 5) is 0. The van der Waals surface area contributed by atoms with Gasteiger partial charge in [0.2, 0.25) is 0 Å². The fourth-order valence-electron chi connectivity index (χ4n) is 4.11. The maximum absolute atomic E-state index is 2.37. The van der Waals surface area contributed by atoms with Crippen LogP contribution in [0.3, 0.4) is 0 Å². The van der Waals surface area contributed by atoms with Crippen LogP contribution in [0, 0.1) is 0 Å². The number of hydrogen-bond donors (Lipinski definition) is 0. The number of rotatable bonds is 27. The van der Waals surface area contributed by atoms with Crippen molar-refractivity contribution in [1.29, 1.82) is 0 Å². The first-order valence-electron chi connectivity index (χ1n) is 16.1. The molecule has 0 spiro atoms. The minimum Gasteiger partial charge on any atom is -0.0885 e. The van der Waals surface area contributed by atoms with Crippen LogP contribution >= 0.6 is 0 Å². The quantitative estimate of drug-likeness (QED) is 0.0576. The van der Waals surface area contributed by atoms with E-state index in [4.69, 9.17) is 0 Å². The maximum Gasteiger partial charge on any atom is -0.0166 e. The molecular formula is C38H62. The third kappa shape index (κ3) is 33.9. The van der Waals surface area contributed by atoms with Gasteiger partial charge in [-0.3, -0.25) is 0 Å². The Hall–Kier alpha value is -2.08. The summed E-state index contributed by atoms with van der Waals surface area (Å²) >= 11 is 0. The van der Waals surface area contributed by atoms with Crippen molar-refractivity contribution in [2.75, 3.05) is 0 Å². The fourth-order valence-corrected chi connectivity index (χ4v) is 4.11. The predicted molar refractivity (Wildman–Crippen MR) is 177 cm³/mol. The molecule has 0 nitrogen and oxygen atoms in total. The van der Waals surface area contributed by atoms with E-state index in [1.54, 1.807) is 0 Å². The molecular weight excluding hydrogens is 456 g/mol. The SMILES string of the molecule is CCC=CCC=CCC=CC=CCCCCCCCCCC=CCC=CCC=CC=CCCCCCCC. The molecule has 0 aliphatic rings. The molecule has 0 saturated heterocycles. The van der Waals surface area contributed by atoms with Crippen LogP contribution in [-0.2, 0) is 0 Å². The summed E-state index contributed by atoms with van der Waals surface area (Å²) in [7, 11) is 0. The zero-order valence-electron chi connectivity index (χ0n) is 25.4. The average Bonchev–Trinajstić information content (AvgIpc) is 2.93. The first-order valence-corrected chi connectivity index (χ1v) is 16.1. The predicted octanol–water partition coefficient (Wildman–Crippen LogP) is 13.3. The van der Waals surface area contributed by atoms with Gasteiger partial charge >= 0.3 is 0 Å². The lowest BCUT2D eigenvalue weighted by Gasteiger charge is -2.00. The Bertz CT molecular complexity index is 677. The maximum atomic E-state index is 2.37. The van der Waals surface area contributed by atoms with Crippen LogP contribution < -0.4 is 0 Å². The number of unbranched alkanes of at least 4 members (excludes halogenated alkanes) is 13. The fraction of sp³-hybridized carbons (Fsp3) is 0.579. The highest BCUT2D eigenvalue weighted by Gasteiger charge is 1.91. The molecule has 0 heteroatoms. The van der Waals surface area contributed by atoms with E-state index in [1.165, 1.54) is 96.3 Å². The van der Waals surface area contributed by atoms with Gasteiger partial charge in [-0.25, -0.2) is 0 Å². The molecule has 0 atom stereocenters. The smallest absolute Gasteiger partial charge is 0.0166 e. The lowest BCUT2D eigenvalue weighted by molar-refractivity contribution is 0.583. The van der Waals surface area contributed by atoms with Crippen LogP contribution in [0.25, 0.3) is 0 Å². The highest BCUT2D eigenvalue weighted by molar-refractivity contribution is 5.06. The third-order valence-corrected chi connectivity index (χ3v) is 6.47. The van der Waals surface area contributed by atoms with Crippen molar-refractivity contribution in [3.8, 4) is 0 Å². The molecule has 0 aromatic heterocycles. The topological polar surface area (TPSA) is 0 Å². The average molecular weight is 519 g/mol. The normalized spacial score (nSPS) is 13.2. The highest BCUT2D eigenvalue weighted by Crippen LogP contribution is 2.10. The largest absolute Gasteiger partial charge is 0.0885 e. The first-order chi connectivity index (χ1) is 18.9. The van der Waals surface area contributed by atoms with Crippen LogP contribution in [0.15, 0.2) is 97.2 Å². The van der Waals surface area contributed by atoms with Crippen LogP contribution in [-0.4, -0.2) is 0 Å². The van der Waals surface area contributed by atoms with E-state index in [0.717, 1.165) is 32.1 Å². The molecule has 0 radical (unpaired) electrons. The molecule has 0 N–H and O–H groups in total. The van der Waals surface area contributed by atoms with E-state index in [0.29, 0.717) is 0 Å². The summed E-state index contributed by atoms with van der Waals surface area (Å²) in [6.45, 7) is 4.45. The van der Waals surface area contributed by atoms with Crippen LogP contribution in [0.4, 0.5) is 0 Å². The molecule has 0 fully saturated rings. The summed E-state index contributed by atoms with van der Waals surface area (Å²) in [5.41, 5.74) is 0. The molecule has 0 aromatic rings.